The van der Waals surface area contributed by atoms with Gasteiger partial charge < -0.3 is 5.11 Å². The second-order valence-electron chi connectivity index (χ2n) is 3.43. The van der Waals surface area contributed by atoms with Crippen LogP contribution in [-0.4, -0.2) is 21.8 Å². The number of para-hydroxylation sites is 1. The number of carbonyl (C=O) groups excluding carboxylic acids is 1. The lowest BCUT2D eigenvalue weighted by atomic mass is 10.2. The van der Waals surface area contributed by atoms with Crippen LogP contribution in [0.15, 0.2) is 42.5 Å². The summed E-state index contributed by atoms with van der Waals surface area (Å²) in [5, 5.41) is 9.41. The van der Waals surface area contributed by atoms with Gasteiger partial charge >= 0.3 is 5.97 Å². The highest BCUT2D eigenvalue weighted by atomic mass is 16.4. The molecule has 17 heavy (non-hydrogen) atoms. The maximum Gasteiger partial charge on any atom is 0.376 e. The van der Waals surface area contributed by atoms with Crippen LogP contribution in [0.25, 0.3) is 17.0 Å². The quantitative estimate of drug-likeness (QED) is 0.642. The lowest BCUT2D eigenvalue weighted by molar-refractivity contribution is -0.146. The van der Waals surface area contributed by atoms with E-state index in [4.69, 9.17) is 5.11 Å². The van der Waals surface area contributed by atoms with E-state index in [2.05, 4.69) is 4.98 Å². The Morgan fingerprint density at radius 1 is 1.12 bits per heavy atom. The first-order valence-corrected chi connectivity index (χ1v) is 4.98. The highest BCUT2D eigenvalue weighted by molar-refractivity contribution is 6.38. The highest BCUT2D eigenvalue weighted by Gasteiger charge is 2.05. The SMILES string of the molecule is O=C(O)C(=O)/C=C/c1ccc2ccccc2n1. The number of fused-ring (bicyclic) bond motifs is 1. The molecule has 0 unspecified atom stereocenters. The van der Waals surface area contributed by atoms with Crippen molar-refractivity contribution in [3.8, 4) is 0 Å². The molecule has 0 radical (unpaired) electrons. The highest BCUT2D eigenvalue weighted by Crippen LogP contribution is 2.12. The number of carbonyl (C=O) groups is 2. The zero-order valence-corrected chi connectivity index (χ0v) is 8.83. The second-order valence-corrected chi connectivity index (χ2v) is 3.43. The lowest BCUT2D eigenvalue weighted by Crippen LogP contribution is -2.08. The minimum absolute atomic E-state index is 0.554. The van der Waals surface area contributed by atoms with Gasteiger partial charge in [-0.3, -0.25) is 4.79 Å². The van der Waals surface area contributed by atoms with Crippen molar-refractivity contribution < 1.29 is 14.7 Å². The summed E-state index contributed by atoms with van der Waals surface area (Å²) >= 11 is 0. The number of carboxylic acid groups (broad SMARTS) is 1. The number of aliphatic carboxylic acids is 1. The molecule has 0 aliphatic heterocycles. The predicted molar refractivity (Wildman–Crippen MR) is 63.4 cm³/mol. The Balaban J connectivity index is 2.31. The van der Waals surface area contributed by atoms with Gasteiger partial charge in [0.25, 0.3) is 5.78 Å². The minimum Gasteiger partial charge on any atom is -0.475 e. The predicted octanol–water partition coefficient (Wildman–Crippen LogP) is 1.90. The van der Waals surface area contributed by atoms with E-state index >= 15 is 0 Å². The van der Waals surface area contributed by atoms with Crippen LogP contribution in [0.4, 0.5) is 0 Å². The van der Waals surface area contributed by atoms with Crippen molar-refractivity contribution in [2.45, 2.75) is 0 Å². The summed E-state index contributed by atoms with van der Waals surface area (Å²) in [7, 11) is 0. The van der Waals surface area contributed by atoms with Gasteiger partial charge in [0.1, 0.15) is 0 Å². The number of hydrogen-bond donors (Lipinski definition) is 1. The molecule has 0 aliphatic carbocycles. The molecule has 1 N–H and O–H groups in total. The van der Waals surface area contributed by atoms with E-state index in [1.807, 2.05) is 30.3 Å². The average Bonchev–Trinajstić information content (AvgIpc) is 2.35. The van der Waals surface area contributed by atoms with Gasteiger partial charge in [-0.05, 0) is 24.3 Å². The van der Waals surface area contributed by atoms with Crippen molar-refractivity contribution in [1.29, 1.82) is 0 Å². The van der Waals surface area contributed by atoms with Crippen molar-refractivity contribution >= 4 is 28.7 Å². The van der Waals surface area contributed by atoms with Gasteiger partial charge in [-0.15, -0.1) is 0 Å². The maximum atomic E-state index is 10.9. The van der Waals surface area contributed by atoms with Gasteiger partial charge in [0.15, 0.2) is 0 Å². The van der Waals surface area contributed by atoms with E-state index in [0.717, 1.165) is 17.0 Å². The molecule has 0 fully saturated rings. The van der Waals surface area contributed by atoms with Crippen LogP contribution in [0.2, 0.25) is 0 Å². The first kappa shape index (κ1) is 11.0. The van der Waals surface area contributed by atoms with E-state index in [9.17, 15) is 9.59 Å². The molecular weight excluding hydrogens is 218 g/mol. The summed E-state index contributed by atoms with van der Waals surface area (Å²) in [5.41, 5.74) is 1.36. The molecule has 0 saturated heterocycles. The van der Waals surface area contributed by atoms with Crippen molar-refractivity contribution in [1.82, 2.24) is 4.98 Å². The molecule has 1 heterocycles. The largest absolute Gasteiger partial charge is 0.475 e. The zero-order valence-electron chi connectivity index (χ0n) is 8.83. The molecule has 0 aliphatic rings. The summed E-state index contributed by atoms with van der Waals surface area (Å²) in [4.78, 5) is 25.5. The molecule has 84 valence electrons. The zero-order chi connectivity index (χ0) is 12.3. The van der Waals surface area contributed by atoms with Crippen molar-refractivity contribution in [2.75, 3.05) is 0 Å². The lowest BCUT2D eigenvalue weighted by Gasteiger charge is -1.97. The first-order valence-electron chi connectivity index (χ1n) is 4.98. The van der Waals surface area contributed by atoms with Gasteiger partial charge in [-0.25, -0.2) is 9.78 Å². The van der Waals surface area contributed by atoms with E-state index in [0.29, 0.717) is 5.69 Å². The van der Waals surface area contributed by atoms with Gasteiger partial charge in [0.2, 0.25) is 0 Å². The fourth-order valence-corrected chi connectivity index (χ4v) is 1.41. The van der Waals surface area contributed by atoms with E-state index in [1.165, 1.54) is 6.08 Å². The molecule has 2 aromatic rings. The summed E-state index contributed by atoms with van der Waals surface area (Å²) in [6.07, 6.45) is 2.39. The summed E-state index contributed by atoms with van der Waals surface area (Å²) in [5.74, 6) is -2.43. The second kappa shape index (κ2) is 4.57. The van der Waals surface area contributed by atoms with Gasteiger partial charge in [-0.2, -0.15) is 0 Å². The normalized spacial score (nSPS) is 10.8. The van der Waals surface area contributed by atoms with Crippen LogP contribution in [0.5, 0.6) is 0 Å². The Kier molecular flexibility index (Phi) is 2.96. The number of pyridine rings is 1. The van der Waals surface area contributed by atoms with Crippen molar-refractivity contribution in [3.05, 3.63) is 48.2 Å². The number of hydrogen-bond acceptors (Lipinski definition) is 3. The van der Waals surface area contributed by atoms with Crippen LogP contribution in [0.3, 0.4) is 0 Å². The maximum absolute atomic E-state index is 10.9. The fraction of sp³-hybridized carbons (Fsp3) is 0. The van der Waals surface area contributed by atoms with Crippen LogP contribution in [0, 0.1) is 0 Å². The average molecular weight is 227 g/mol. The molecule has 0 bridgehead atoms. The van der Waals surface area contributed by atoms with E-state index in [-0.39, 0.29) is 0 Å². The summed E-state index contributed by atoms with van der Waals surface area (Å²) in [6.45, 7) is 0. The number of carboxylic acids is 1. The minimum atomic E-state index is -1.47. The smallest absolute Gasteiger partial charge is 0.376 e. The molecule has 4 nitrogen and oxygen atoms in total. The Morgan fingerprint density at radius 3 is 2.65 bits per heavy atom. The molecule has 2 rings (SSSR count). The van der Waals surface area contributed by atoms with Crippen LogP contribution in [-0.2, 0) is 9.59 Å². The Labute approximate surface area is 97.2 Å². The molecule has 0 atom stereocenters. The Morgan fingerprint density at radius 2 is 1.88 bits per heavy atom. The third-order valence-corrected chi connectivity index (χ3v) is 2.24. The van der Waals surface area contributed by atoms with Crippen LogP contribution in [0.1, 0.15) is 5.69 Å². The summed E-state index contributed by atoms with van der Waals surface area (Å²) < 4.78 is 0. The Hall–Kier alpha value is -2.49. The standard InChI is InChI=1S/C13H9NO3/c15-12(13(16)17)8-7-10-6-5-9-3-1-2-4-11(9)14-10/h1-8H,(H,16,17)/b8-7+. The van der Waals surface area contributed by atoms with Crippen LogP contribution >= 0.6 is 0 Å². The van der Waals surface area contributed by atoms with Gasteiger partial charge in [0.05, 0.1) is 11.2 Å². The van der Waals surface area contributed by atoms with Crippen molar-refractivity contribution in [2.24, 2.45) is 0 Å². The molecule has 0 spiro atoms. The number of benzene rings is 1. The molecule has 1 aromatic heterocycles. The van der Waals surface area contributed by atoms with Crippen molar-refractivity contribution in [3.63, 3.8) is 0 Å². The topological polar surface area (TPSA) is 67.3 Å². The number of ketones is 1. The van der Waals surface area contributed by atoms with Crippen LogP contribution < -0.4 is 0 Å². The number of nitrogens with zero attached hydrogens (tertiary/aromatic N) is 1. The monoisotopic (exact) mass is 227 g/mol. The van der Waals surface area contributed by atoms with E-state index in [1.54, 1.807) is 6.07 Å². The number of rotatable bonds is 3. The van der Waals surface area contributed by atoms with Gasteiger partial charge in [0, 0.05) is 5.39 Å². The fourth-order valence-electron chi connectivity index (χ4n) is 1.41. The molecule has 1 aromatic carbocycles. The number of aromatic nitrogens is 1. The molecule has 0 saturated carbocycles. The molecule has 4 heteroatoms. The van der Waals surface area contributed by atoms with E-state index < -0.39 is 11.8 Å². The molecule has 0 amide bonds. The third-order valence-electron chi connectivity index (χ3n) is 2.24. The van der Waals surface area contributed by atoms with Gasteiger partial charge in [-0.1, -0.05) is 24.3 Å². The Bertz CT molecular complexity index is 617. The molecular formula is C13H9NO3. The summed E-state index contributed by atoms with van der Waals surface area (Å²) in [6, 6.07) is 11.2. The first-order chi connectivity index (χ1) is 8.16. The third kappa shape index (κ3) is 2.55.